The predicted molar refractivity (Wildman–Crippen MR) is 151 cm³/mol. The Bertz CT molecular complexity index is 1100. The average Bonchev–Trinajstić information content (AvgIpc) is 3.27. The van der Waals surface area contributed by atoms with Gasteiger partial charge in [-0.3, -0.25) is 19.1 Å². The second-order valence-corrected chi connectivity index (χ2v) is 10.9. The van der Waals surface area contributed by atoms with Gasteiger partial charge in [0.25, 0.3) is 5.91 Å². The molecule has 0 radical (unpaired) electrons. The van der Waals surface area contributed by atoms with E-state index in [0.717, 1.165) is 57.2 Å². The quantitative estimate of drug-likeness (QED) is 0.422. The average molecular weight is 538 g/mol. The Balaban J connectivity index is 1.39. The summed E-state index contributed by atoms with van der Waals surface area (Å²) in [4.78, 5) is 43.4. The van der Waals surface area contributed by atoms with Crippen LogP contribution in [0.3, 0.4) is 0 Å². The molecule has 2 fully saturated rings. The summed E-state index contributed by atoms with van der Waals surface area (Å²) < 4.78 is 1.63. The van der Waals surface area contributed by atoms with Crippen LogP contribution in [0.4, 0.5) is 5.69 Å². The van der Waals surface area contributed by atoms with Gasteiger partial charge in [-0.2, -0.15) is 5.10 Å². The molecule has 2 atom stereocenters. The zero-order valence-corrected chi connectivity index (χ0v) is 23.3. The van der Waals surface area contributed by atoms with Crippen molar-refractivity contribution in [2.45, 2.75) is 70.5 Å². The maximum atomic E-state index is 13.5. The first-order chi connectivity index (χ1) is 18.9. The maximum absolute atomic E-state index is 13.5. The molecule has 212 valence electrons. The summed E-state index contributed by atoms with van der Waals surface area (Å²) in [6, 6.07) is 7.90. The van der Waals surface area contributed by atoms with Crippen molar-refractivity contribution in [3.05, 3.63) is 47.8 Å². The number of hydrogen-bond donors (Lipinski definition) is 3. The van der Waals surface area contributed by atoms with Gasteiger partial charge in [-0.1, -0.05) is 37.8 Å². The molecule has 1 aromatic carbocycles. The van der Waals surface area contributed by atoms with Crippen LogP contribution in [0.5, 0.6) is 0 Å². The van der Waals surface area contributed by atoms with Crippen LogP contribution in [0, 0.1) is 5.92 Å². The van der Waals surface area contributed by atoms with E-state index in [1.165, 1.54) is 0 Å². The van der Waals surface area contributed by atoms with Crippen LogP contribution in [-0.4, -0.2) is 82.6 Å². The Morgan fingerprint density at radius 3 is 2.31 bits per heavy atom. The maximum Gasteiger partial charge on any atom is 0.270 e. The lowest BCUT2D eigenvalue weighted by Crippen LogP contribution is -2.52. The minimum atomic E-state index is -0.634. The number of amides is 3. The van der Waals surface area contributed by atoms with Gasteiger partial charge in [0.2, 0.25) is 11.8 Å². The Labute approximate surface area is 231 Å². The first kappa shape index (κ1) is 28.8. The zero-order valence-electron chi connectivity index (χ0n) is 23.3. The first-order valence-corrected chi connectivity index (χ1v) is 14.3. The molecule has 4 N–H and O–H groups in total. The van der Waals surface area contributed by atoms with E-state index in [9.17, 15) is 14.4 Å². The lowest BCUT2D eigenvalue weighted by molar-refractivity contribution is -0.134. The standard InChI is InChI=1S/C29H43N7O3/c1-3-36-25(14-15-31-36)27(37)33-26(22-8-6-4-5-7-9-22)28(38)32-23-12-10-21(11-13-23)20-24(30)29(39)35-18-16-34(2)17-19-35/h10-15,22,24,26H,3-9,16-20,30H2,1-2H3,(H,32,38)(H,33,37)/t24-,26+/m1/s1. The molecule has 2 aromatic rings. The Hall–Kier alpha value is -3.24. The third-order valence-corrected chi connectivity index (χ3v) is 8.00. The minimum Gasteiger partial charge on any atom is -0.339 e. The fraction of sp³-hybridized carbons (Fsp3) is 0.586. The summed E-state index contributed by atoms with van der Waals surface area (Å²) in [5, 5.41) is 10.2. The van der Waals surface area contributed by atoms with Crippen molar-refractivity contribution in [3.63, 3.8) is 0 Å². The van der Waals surface area contributed by atoms with E-state index in [4.69, 9.17) is 5.73 Å². The molecule has 1 saturated heterocycles. The molecule has 1 aliphatic carbocycles. The second-order valence-electron chi connectivity index (χ2n) is 10.9. The number of nitrogens with two attached hydrogens (primary N) is 1. The van der Waals surface area contributed by atoms with Crippen molar-refractivity contribution >= 4 is 23.4 Å². The van der Waals surface area contributed by atoms with Gasteiger partial charge in [-0.15, -0.1) is 0 Å². The number of carbonyl (C=O) groups excluding carboxylic acids is 3. The van der Waals surface area contributed by atoms with Crippen LogP contribution in [0.1, 0.15) is 61.5 Å². The highest BCUT2D eigenvalue weighted by Crippen LogP contribution is 2.27. The van der Waals surface area contributed by atoms with E-state index >= 15 is 0 Å². The van der Waals surface area contributed by atoms with Crippen molar-refractivity contribution in [1.82, 2.24) is 24.9 Å². The third-order valence-electron chi connectivity index (χ3n) is 8.00. The molecule has 2 aliphatic rings. The molecule has 1 aliphatic heterocycles. The molecular formula is C29H43N7O3. The summed E-state index contributed by atoms with van der Waals surface area (Å²) in [6.07, 6.45) is 8.27. The van der Waals surface area contributed by atoms with Gasteiger partial charge in [-0.25, -0.2) is 0 Å². The second kappa shape index (κ2) is 13.7. The monoisotopic (exact) mass is 537 g/mol. The summed E-state index contributed by atoms with van der Waals surface area (Å²) in [5.74, 6) is -0.445. The Morgan fingerprint density at radius 2 is 1.67 bits per heavy atom. The lowest BCUT2D eigenvalue weighted by atomic mass is 9.91. The van der Waals surface area contributed by atoms with Crippen LogP contribution in [-0.2, 0) is 22.6 Å². The van der Waals surface area contributed by atoms with Gasteiger partial charge in [0.1, 0.15) is 11.7 Å². The van der Waals surface area contributed by atoms with Gasteiger partial charge in [0.05, 0.1) is 6.04 Å². The summed E-state index contributed by atoms with van der Waals surface area (Å²) >= 11 is 0. The first-order valence-electron chi connectivity index (χ1n) is 14.3. The number of nitrogens with one attached hydrogen (secondary N) is 2. The number of carbonyl (C=O) groups is 3. The van der Waals surface area contributed by atoms with Gasteiger partial charge < -0.3 is 26.2 Å². The fourth-order valence-corrected chi connectivity index (χ4v) is 5.58. The number of likely N-dealkylation sites (N-methyl/N-ethyl adjacent to an activating group) is 1. The number of anilines is 1. The van der Waals surface area contributed by atoms with Crippen LogP contribution < -0.4 is 16.4 Å². The molecule has 0 bridgehead atoms. The molecule has 1 saturated carbocycles. The summed E-state index contributed by atoms with van der Waals surface area (Å²) in [7, 11) is 2.05. The Morgan fingerprint density at radius 1 is 1.00 bits per heavy atom. The predicted octanol–water partition coefficient (Wildman–Crippen LogP) is 2.25. The number of nitrogens with zero attached hydrogens (tertiary/aromatic N) is 4. The van der Waals surface area contributed by atoms with Crippen molar-refractivity contribution in [2.75, 3.05) is 38.5 Å². The molecule has 10 nitrogen and oxygen atoms in total. The SMILES string of the molecule is CCn1nccc1C(=O)N[C@H](C(=O)Nc1ccc(C[C@@H](N)C(=O)N2CCN(C)CC2)cc1)C1CCCCCC1. The Kier molecular flexibility index (Phi) is 10.1. The number of rotatable bonds is 9. The molecular weight excluding hydrogens is 494 g/mol. The molecule has 0 unspecified atom stereocenters. The molecule has 39 heavy (non-hydrogen) atoms. The normalized spacial score (nSPS) is 18.7. The number of aryl methyl sites for hydroxylation is 1. The highest BCUT2D eigenvalue weighted by atomic mass is 16.2. The van der Waals surface area contributed by atoms with Crippen molar-refractivity contribution in [2.24, 2.45) is 11.7 Å². The molecule has 10 heteroatoms. The third kappa shape index (κ3) is 7.67. The van der Waals surface area contributed by atoms with Crippen LogP contribution in [0.15, 0.2) is 36.5 Å². The molecule has 0 spiro atoms. The van der Waals surface area contributed by atoms with Gasteiger partial charge in [0.15, 0.2) is 0 Å². The van der Waals surface area contributed by atoms with Crippen molar-refractivity contribution in [1.29, 1.82) is 0 Å². The number of piperazine rings is 1. The van der Waals surface area contributed by atoms with Gasteiger partial charge in [-0.05, 0) is 62.9 Å². The van der Waals surface area contributed by atoms with E-state index < -0.39 is 12.1 Å². The highest BCUT2D eigenvalue weighted by Gasteiger charge is 2.31. The fourth-order valence-electron chi connectivity index (χ4n) is 5.58. The van der Waals surface area contributed by atoms with E-state index in [1.54, 1.807) is 16.9 Å². The number of benzene rings is 1. The lowest BCUT2D eigenvalue weighted by Gasteiger charge is -2.33. The van der Waals surface area contributed by atoms with Gasteiger partial charge >= 0.3 is 0 Å². The van der Waals surface area contributed by atoms with E-state index in [-0.39, 0.29) is 23.6 Å². The van der Waals surface area contributed by atoms with Crippen LogP contribution in [0.25, 0.3) is 0 Å². The van der Waals surface area contributed by atoms with E-state index in [1.807, 2.05) is 36.1 Å². The molecule has 2 heterocycles. The van der Waals surface area contributed by atoms with Gasteiger partial charge in [0, 0.05) is 44.6 Å². The van der Waals surface area contributed by atoms with Crippen LogP contribution >= 0.6 is 0 Å². The molecule has 4 rings (SSSR count). The molecule has 3 amide bonds. The summed E-state index contributed by atoms with van der Waals surface area (Å²) in [5.41, 5.74) is 8.29. The smallest absolute Gasteiger partial charge is 0.270 e. The number of aromatic nitrogens is 2. The number of hydrogen-bond acceptors (Lipinski definition) is 6. The van der Waals surface area contributed by atoms with Crippen molar-refractivity contribution in [3.8, 4) is 0 Å². The molecule has 1 aromatic heterocycles. The highest BCUT2D eigenvalue weighted by molar-refractivity contribution is 6.00. The summed E-state index contributed by atoms with van der Waals surface area (Å²) in [6.45, 7) is 5.63. The largest absolute Gasteiger partial charge is 0.339 e. The van der Waals surface area contributed by atoms with E-state index in [0.29, 0.717) is 37.4 Å². The van der Waals surface area contributed by atoms with Crippen LogP contribution in [0.2, 0.25) is 0 Å². The zero-order chi connectivity index (χ0) is 27.8. The minimum absolute atomic E-state index is 0.0214. The van der Waals surface area contributed by atoms with E-state index in [2.05, 4.69) is 27.7 Å². The topological polar surface area (TPSA) is 126 Å². The van der Waals surface area contributed by atoms with Crippen molar-refractivity contribution < 1.29 is 14.4 Å².